The molecular formula is C17H24ClNO2. The van der Waals surface area contributed by atoms with Gasteiger partial charge in [-0.25, -0.2) is 0 Å². The van der Waals surface area contributed by atoms with Crippen molar-refractivity contribution in [2.75, 3.05) is 13.2 Å². The van der Waals surface area contributed by atoms with Gasteiger partial charge in [0.25, 0.3) is 0 Å². The zero-order chi connectivity index (χ0) is 15.0. The second kappa shape index (κ2) is 5.69. The Labute approximate surface area is 131 Å². The van der Waals surface area contributed by atoms with Crippen LogP contribution in [0.5, 0.6) is 11.5 Å². The van der Waals surface area contributed by atoms with Gasteiger partial charge in [0.05, 0.1) is 5.02 Å². The minimum atomic E-state index is -0.280. The van der Waals surface area contributed by atoms with Gasteiger partial charge in [0.1, 0.15) is 13.2 Å². The third-order valence-electron chi connectivity index (χ3n) is 4.66. The number of hydrogen-bond acceptors (Lipinski definition) is 3. The lowest BCUT2D eigenvalue weighted by molar-refractivity contribution is 0.168. The van der Waals surface area contributed by atoms with Crippen molar-refractivity contribution in [3.8, 4) is 11.5 Å². The summed E-state index contributed by atoms with van der Waals surface area (Å²) < 4.78 is 11.6. The molecule has 1 aromatic rings. The summed E-state index contributed by atoms with van der Waals surface area (Å²) >= 11 is 6.44. The Kier molecular flexibility index (Phi) is 4.06. The van der Waals surface area contributed by atoms with Crippen LogP contribution in [-0.4, -0.2) is 13.2 Å². The molecule has 116 valence electrons. The van der Waals surface area contributed by atoms with Crippen LogP contribution in [-0.2, 0) is 5.54 Å². The maximum Gasteiger partial charge on any atom is 0.180 e. The Bertz CT molecular complexity index is 536. The van der Waals surface area contributed by atoms with E-state index in [1.165, 1.54) is 24.8 Å². The van der Waals surface area contributed by atoms with Crippen molar-refractivity contribution < 1.29 is 9.47 Å². The fourth-order valence-electron chi connectivity index (χ4n) is 3.63. The second-order valence-corrected chi connectivity index (χ2v) is 6.95. The number of fused-ring (bicyclic) bond motifs is 1. The summed E-state index contributed by atoms with van der Waals surface area (Å²) in [6.07, 6.45) is 5.67. The SMILES string of the molecule is CC(C)c1c(C2(N)CCCCC2)cc(Cl)c2c1OCCO2. The Hall–Kier alpha value is -0.930. The molecule has 0 unspecified atom stereocenters. The average Bonchev–Trinajstić information content (AvgIpc) is 2.47. The normalized spacial score (nSPS) is 20.6. The highest BCUT2D eigenvalue weighted by Gasteiger charge is 2.36. The van der Waals surface area contributed by atoms with Crippen LogP contribution in [0, 0.1) is 0 Å². The van der Waals surface area contributed by atoms with Gasteiger partial charge in [-0.15, -0.1) is 0 Å². The number of ether oxygens (including phenoxy) is 2. The van der Waals surface area contributed by atoms with Crippen molar-refractivity contribution in [3.63, 3.8) is 0 Å². The Morgan fingerprint density at radius 3 is 2.33 bits per heavy atom. The van der Waals surface area contributed by atoms with E-state index in [0.29, 0.717) is 29.9 Å². The molecule has 1 fully saturated rings. The van der Waals surface area contributed by atoms with Gasteiger partial charge >= 0.3 is 0 Å². The molecule has 1 saturated carbocycles. The molecule has 0 bridgehead atoms. The van der Waals surface area contributed by atoms with Crippen LogP contribution in [0.1, 0.15) is 63.0 Å². The first-order valence-corrected chi connectivity index (χ1v) is 8.32. The number of halogens is 1. The highest BCUT2D eigenvalue weighted by molar-refractivity contribution is 6.32. The third kappa shape index (κ3) is 2.62. The van der Waals surface area contributed by atoms with Gasteiger partial charge in [0, 0.05) is 11.1 Å². The lowest BCUT2D eigenvalue weighted by Crippen LogP contribution is -2.40. The molecule has 1 heterocycles. The summed E-state index contributed by atoms with van der Waals surface area (Å²) in [6.45, 7) is 5.48. The summed E-state index contributed by atoms with van der Waals surface area (Å²) in [7, 11) is 0. The lowest BCUT2D eigenvalue weighted by Gasteiger charge is -2.38. The van der Waals surface area contributed by atoms with Crippen molar-refractivity contribution in [1.82, 2.24) is 0 Å². The smallest absolute Gasteiger partial charge is 0.180 e. The fraction of sp³-hybridized carbons (Fsp3) is 0.647. The van der Waals surface area contributed by atoms with Crippen LogP contribution in [0.25, 0.3) is 0 Å². The zero-order valence-corrected chi connectivity index (χ0v) is 13.6. The van der Waals surface area contributed by atoms with Gasteiger partial charge in [-0.2, -0.15) is 0 Å². The molecule has 0 radical (unpaired) electrons. The summed E-state index contributed by atoms with van der Waals surface area (Å²) in [5, 5.41) is 0.625. The van der Waals surface area contributed by atoms with Gasteiger partial charge in [-0.1, -0.05) is 44.7 Å². The molecule has 0 aromatic heterocycles. The van der Waals surface area contributed by atoms with Crippen molar-refractivity contribution in [2.45, 2.75) is 57.4 Å². The summed E-state index contributed by atoms with van der Waals surface area (Å²) in [4.78, 5) is 0. The monoisotopic (exact) mass is 309 g/mol. The standard InChI is InChI=1S/C17H24ClNO2/c1-11(2)14-12(17(19)6-4-3-5-7-17)10-13(18)15-16(14)21-9-8-20-15/h10-11H,3-9,19H2,1-2H3. The Morgan fingerprint density at radius 2 is 1.71 bits per heavy atom. The van der Waals surface area contributed by atoms with Crippen molar-refractivity contribution in [2.24, 2.45) is 5.73 Å². The molecule has 21 heavy (non-hydrogen) atoms. The van der Waals surface area contributed by atoms with Gasteiger partial charge in [-0.05, 0) is 30.4 Å². The van der Waals surface area contributed by atoms with Crippen LogP contribution in [0.3, 0.4) is 0 Å². The molecule has 0 saturated heterocycles. The quantitative estimate of drug-likeness (QED) is 0.883. The second-order valence-electron chi connectivity index (χ2n) is 6.55. The molecule has 3 rings (SSSR count). The average molecular weight is 310 g/mol. The molecule has 1 aliphatic carbocycles. The van der Waals surface area contributed by atoms with E-state index in [4.69, 9.17) is 26.8 Å². The number of hydrogen-bond donors (Lipinski definition) is 1. The van der Waals surface area contributed by atoms with Gasteiger partial charge in [-0.3, -0.25) is 0 Å². The highest BCUT2D eigenvalue weighted by atomic mass is 35.5. The number of rotatable bonds is 2. The summed E-state index contributed by atoms with van der Waals surface area (Å²) in [5.41, 5.74) is 8.82. The summed E-state index contributed by atoms with van der Waals surface area (Å²) in [6, 6.07) is 2.02. The molecule has 0 spiro atoms. The number of benzene rings is 1. The van der Waals surface area contributed by atoms with Crippen LogP contribution in [0.15, 0.2) is 6.07 Å². The van der Waals surface area contributed by atoms with E-state index in [0.717, 1.165) is 24.2 Å². The Balaban J connectivity index is 2.17. The molecule has 1 aromatic carbocycles. The van der Waals surface area contributed by atoms with Gasteiger partial charge in [0.2, 0.25) is 0 Å². The highest BCUT2D eigenvalue weighted by Crippen LogP contribution is 2.49. The summed E-state index contributed by atoms with van der Waals surface area (Å²) in [5.74, 6) is 1.83. The van der Waals surface area contributed by atoms with Crippen molar-refractivity contribution in [1.29, 1.82) is 0 Å². The largest absolute Gasteiger partial charge is 0.486 e. The van der Waals surface area contributed by atoms with E-state index in [1.54, 1.807) is 0 Å². The van der Waals surface area contributed by atoms with E-state index in [9.17, 15) is 0 Å². The fourth-order valence-corrected chi connectivity index (χ4v) is 3.87. The van der Waals surface area contributed by atoms with Crippen molar-refractivity contribution in [3.05, 3.63) is 22.2 Å². The van der Waals surface area contributed by atoms with E-state index in [1.807, 2.05) is 6.07 Å². The predicted octanol–water partition coefficient (Wildman–Crippen LogP) is 4.35. The molecule has 2 N–H and O–H groups in total. The van der Waals surface area contributed by atoms with Crippen molar-refractivity contribution >= 4 is 11.6 Å². The van der Waals surface area contributed by atoms with Gasteiger partial charge < -0.3 is 15.2 Å². The topological polar surface area (TPSA) is 44.5 Å². The van der Waals surface area contributed by atoms with E-state index >= 15 is 0 Å². The molecule has 3 nitrogen and oxygen atoms in total. The molecule has 4 heteroatoms. The van der Waals surface area contributed by atoms with Crippen LogP contribution in [0.4, 0.5) is 0 Å². The maximum absolute atomic E-state index is 6.77. The molecule has 0 amide bonds. The van der Waals surface area contributed by atoms with Crippen LogP contribution in [0.2, 0.25) is 5.02 Å². The predicted molar refractivity (Wildman–Crippen MR) is 85.5 cm³/mol. The first-order valence-electron chi connectivity index (χ1n) is 7.94. The van der Waals surface area contributed by atoms with E-state index in [2.05, 4.69) is 13.8 Å². The third-order valence-corrected chi connectivity index (χ3v) is 4.95. The lowest BCUT2D eigenvalue weighted by atomic mass is 9.74. The minimum absolute atomic E-state index is 0.280. The Morgan fingerprint density at radius 1 is 1.10 bits per heavy atom. The molecule has 2 aliphatic rings. The first kappa shape index (κ1) is 15.0. The first-order chi connectivity index (χ1) is 10.0. The van der Waals surface area contributed by atoms with Crippen LogP contribution < -0.4 is 15.2 Å². The van der Waals surface area contributed by atoms with E-state index < -0.39 is 0 Å². The van der Waals surface area contributed by atoms with Gasteiger partial charge in [0.15, 0.2) is 11.5 Å². The molecule has 0 atom stereocenters. The van der Waals surface area contributed by atoms with Crippen LogP contribution >= 0.6 is 11.6 Å². The number of nitrogens with two attached hydrogens (primary N) is 1. The zero-order valence-electron chi connectivity index (χ0n) is 12.9. The molecule has 1 aliphatic heterocycles. The minimum Gasteiger partial charge on any atom is -0.486 e. The maximum atomic E-state index is 6.77. The molecular weight excluding hydrogens is 286 g/mol. The van der Waals surface area contributed by atoms with E-state index in [-0.39, 0.29) is 5.54 Å².